The molecule has 74 heavy (non-hydrogen) atoms. The summed E-state index contributed by atoms with van der Waals surface area (Å²) in [6, 6.07) is -1.71. The number of aliphatic hydroxyl groups is 21. The average molecular weight is 1090 g/mol. The van der Waals surface area contributed by atoms with Crippen LogP contribution in [0.25, 0.3) is 0 Å². The highest BCUT2D eigenvalue weighted by molar-refractivity contribution is 5.73. The van der Waals surface area contributed by atoms with Gasteiger partial charge in [0, 0.05) is 6.92 Å². The van der Waals surface area contributed by atoms with E-state index in [0.29, 0.717) is 0 Å². The second-order valence-corrected chi connectivity index (χ2v) is 18.5. The van der Waals surface area contributed by atoms with Crippen LogP contribution in [0.4, 0.5) is 0 Å². The standard InChI is InChI=1S/C40H69NO33/c1-8(48)41-15-18(53)16(51)11(4-44)64-36(15)73-33-21(56)20(55)28(9(49)2-42)69-40(33)72-32-27(62)35(63)68-29(10(50)3-43)34(32)74-39-26(61)23(58)31(14(7-47)67-39)71-38-25(60)22(57)30(13(6-46)66-38)70-37-24(59)19(54)17(52)12(5-45)65-37/h9-40,42-47,49-63H,2-7H2,1H3,(H,41,48)/t9-,10-,11+,12+,13+,14+,15+,16+,17-,18+,19-,20-,21-,22+,23+,24+,25+,26+,27-,28+,29+,30-,31+,32+,33-,34+,35-,36-,37-,38-,39-,40+/m0/s1. The zero-order valence-electron chi connectivity index (χ0n) is 39.0. The summed E-state index contributed by atoms with van der Waals surface area (Å²) in [7, 11) is 0. The summed E-state index contributed by atoms with van der Waals surface area (Å²) in [5.41, 5.74) is 0. The number of hydrogen-bond acceptors (Lipinski definition) is 33. The minimum atomic E-state index is -2.37. The monoisotopic (exact) mass is 1090 g/mol. The first-order valence-electron chi connectivity index (χ1n) is 23.3. The van der Waals surface area contributed by atoms with Crippen molar-refractivity contribution in [2.45, 2.75) is 203 Å². The fraction of sp³-hybridized carbons (Fsp3) is 0.975. The summed E-state index contributed by atoms with van der Waals surface area (Å²) in [4.78, 5) is 12.2. The first kappa shape index (κ1) is 61.4. The van der Waals surface area contributed by atoms with Gasteiger partial charge < -0.3 is 165 Å². The van der Waals surface area contributed by atoms with Crippen molar-refractivity contribution in [3.05, 3.63) is 0 Å². The minimum absolute atomic E-state index is 0.822. The number of hydrogen-bond donors (Lipinski definition) is 22. The summed E-state index contributed by atoms with van der Waals surface area (Å²) < 4.78 is 62.3. The number of rotatable bonds is 19. The fourth-order valence-corrected chi connectivity index (χ4v) is 9.33. The highest BCUT2D eigenvalue weighted by Crippen LogP contribution is 2.38. The molecule has 6 fully saturated rings. The van der Waals surface area contributed by atoms with Gasteiger partial charge in [0.15, 0.2) is 37.7 Å². The Balaban J connectivity index is 1.25. The molecule has 1 amide bonds. The van der Waals surface area contributed by atoms with Crippen LogP contribution in [0.2, 0.25) is 0 Å². The summed E-state index contributed by atoms with van der Waals surface area (Å²) in [5.74, 6) is -0.822. The molecule has 22 N–H and O–H groups in total. The molecule has 6 saturated heterocycles. The van der Waals surface area contributed by atoms with Crippen molar-refractivity contribution in [1.82, 2.24) is 5.32 Å². The molecule has 0 aromatic heterocycles. The number of nitrogens with one attached hydrogen (secondary N) is 1. The van der Waals surface area contributed by atoms with Gasteiger partial charge in [-0.15, -0.1) is 0 Å². The van der Waals surface area contributed by atoms with Crippen LogP contribution in [0, 0.1) is 0 Å². The predicted molar refractivity (Wildman–Crippen MR) is 223 cm³/mol. The Morgan fingerprint density at radius 1 is 0.392 bits per heavy atom. The van der Waals surface area contributed by atoms with E-state index < -0.39 is 242 Å². The normalized spacial score (nSPS) is 50.2. The first-order valence-corrected chi connectivity index (χ1v) is 23.3. The molecule has 432 valence electrons. The summed E-state index contributed by atoms with van der Waals surface area (Å²) in [6.07, 6.45) is -63.3. The van der Waals surface area contributed by atoms with Gasteiger partial charge in [-0.1, -0.05) is 0 Å². The zero-order chi connectivity index (χ0) is 54.8. The van der Waals surface area contributed by atoms with Gasteiger partial charge in [0.1, 0.15) is 159 Å². The third-order valence-electron chi connectivity index (χ3n) is 13.5. The molecular formula is C40H69NO33. The van der Waals surface area contributed by atoms with E-state index in [9.17, 15) is 112 Å². The molecule has 34 nitrogen and oxygen atoms in total. The fourth-order valence-electron chi connectivity index (χ4n) is 9.33. The quantitative estimate of drug-likeness (QED) is 0.0571. The van der Waals surface area contributed by atoms with Gasteiger partial charge in [0.05, 0.1) is 39.6 Å². The van der Waals surface area contributed by atoms with Gasteiger partial charge >= 0.3 is 0 Å². The van der Waals surface area contributed by atoms with Gasteiger partial charge in [0.25, 0.3) is 0 Å². The molecular weight excluding hydrogens is 1020 g/mol. The van der Waals surface area contributed by atoms with Crippen LogP contribution < -0.4 is 5.32 Å². The van der Waals surface area contributed by atoms with E-state index in [0.717, 1.165) is 6.92 Å². The first-order chi connectivity index (χ1) is 35.0. The van der Waals surface area contributed by atoms with E-state index in [1.807, 2.05) is 0 Å². The van der Waals surface area contributed by atoms with Crippen molar-refractivity contribution < 1.29 is 164 Å². The van der Waals surface area contributed by atoms with E-state index in [-0.39, 0.29) is 0 Å². The third kappa shape index (κ3) is 12.8. The molecule has 0 aromatic carbocycles. The van der Waals surface area contributed by atoms with Gasteiger partial charge in [-0.05, 0) is 0 Å². The van der Waals surface area contributed by atoms with Gasteiger partial charge in [0.2, 0.25) is 5.91 Å². The molecule has 6 rings (SSSR count). The highest BCUT2D eigenvalue weighted by Gasteiger charge is 2.59. The second-order valence-electron chi connectivity index (χ2n) is 18.5. The number of carbonyl (C=O) groups is 1. The van der Waals surface area contributed by atoms with Gasteiger partial charge in [-0.25, -0.2) is 0 Å². The van der Waals surface area contributed by atoms with Crippen LogP contribution >= 0.6 is 0 Å². The number of aliphatic hydroxyl groups excluding tert-OH is 21. The van der Waals surface area contributed by atoms with Gasteiger partial charge in [-0.2, -0.15) is 0 Å². The lowest BCUT2D eigenvalue weighted by molar-refractivity contribution is -0.406. The van der Waals surface area contributed by atoms with E-state index in [1.54, 1.807) is 0 Å². The van der Waals surface area contributed by atoms with E-state index in [2.05, 4.69) is 5.32 Å². The molecule has 6 aliphatic heterocycles. The van der Waals surface area contributed by atoms with Crippen LogP contribution in [0.1, 0.15) is 6.92 Å². The Morgan fingerprint density at radius 3 is 1.26 bits per heavy atom. The minimum Gasteiger partial charge on any atom is -0.394 e. The van der Waals surface area contributed by atoms with Crippen molar-refractivity contribution in [1.29, 1.82) is 0 Å². The molecule has 0 unspecified atom stereocenters. The van der Waals surface area contributed by atoms with E-state index in [1.165, 1.54) is 0 Å². The van der Waals surface area contributed by atoms with Crippen LogP contribution in [0.5, 0.6) is 0 Å². The molecule has 6 heterocycles. The summed E-state index contributed by atoms with van der Waals surface area (Å²) in [5, 5.41) is 226. The maximum atomic E-state index is 12.2. The summed E-state index contributed by atoms with van der Waals surface area (Å²) in [6.45, 7) is -5.27. The maximum Gasteiger partial charge on any atom is 0.217 e. The van der Waals surface area contributed by atoms with Crippen LogP contribution in [-0.2, 0) is 56.9 Å². The number of carbonyl (C=O) groups excluding carboxylic acids is 1. The summed E-state index contributed by atoms with van der Waals surface area (Å²) >= 11 is 0. The van der Waals surface area contributed by atoms with Crippen LogP contribution in [-0.4, -0.2) is 349 Å². The molecule has 0 radical (unpaired) electrons. The van der Waals surface area contributed by atoms with Crippen molar-refractivity contribution in [3.63, 3.8) is 0 Å². The third-order valence-corrected chi connectivity index (χ3v) is 13.5. The van der Waals surface area contributed by atoms with Crippen LogP contribution in [0.3, 0.4) is 0 Å². The highest BCUT2D eigenvalue weighted by atomic mass is 16.8. The molecule has 0 aromatic rings. The average Bonchev–Trinajstić information content (AvgIpc) is 3.38. The topological polar surface area (TPSA) is 555 Å². The smallest absolute Gasteiger partial charge is 0.217 e. The number of amides is 1. The SMILES string of the molecule is CC(=O)N[C@H]1[C@H](O[C@@H]2[C@@H](O[C@@H]3[C@H](O)[C@@H](O)O[C@H]([C@@H](O)CO)[C@H]3O[C@@H]3O[C@H](CO)[C@@H](O[C@@H]4O[C@H](CO)[C@H](O[C@@H]5O[C@H](CO)[C@H](O)[C@H](O)[C@H]5O)[C@H](O)[C@H]4O)[C@H](O)[C@H]3O)O[C@H]([C@@H](O)CO)[C@@H](O)[C@@H]2O)O[C@H](CO)[C@@H](O)[C@@H]1O. The van der Waals surface area contributed by atoms with Gasteiger partial charge in [-0.3, -0.25) is 4.79 Å². The second kappa shape index (κ2) is 26.4. The lowest BCUT2D eigenvalue weighted by atomic mass is 9.92. The molecule has 0 bridgehead atoms. The van der Waals surface area contributed by atoms with E-state index in [4.69, 9.17) is 52.1 Å². The Kier molecular flexibility index (Phi) is 21.9. The maximum absolute atomic E-state index is 12.2. The molecule has 34 heteroatoms. The van der Waals surface area contributed by atoms with E-state index >= 15 is 0 Å². The Labute approximate surface area is 418 Å². The molecule has 0 spiro atoms. The van der Waals surface area contributed by atoms with Crippen molar-refractivity contribution in [2.75, 3.05) is 39.6 Å². The predicted octanol–water partition coefficient (Wildman–Crippen LogP) is -15.2. The Hall–Kier alpha value is -1.81. The molecule has 0 aliphatic carbocycles. The largest absolute Gasteiger partial charge is 0.394 e. The lowest BCUT2D eigenvalue weighted by Crippen LogP contribution is -2.70. The van der Waals surface area contributed by atoms with Crippen molar-refractivity contribution in [3.8, 4) is 0 Å². The number of ether oxygens (including phenoxy) is 11. The Morgan fingerprint density at radius 2 is 0.784 bits per heavy atom. The Bertz CT molecular complexity index is 1730. The molecule has 0 saturated carbocycles. The zero-order valence-corrected chi connectivity index (χ0v) is 39.0. The van der Waals surface area contributed by atoms with Crippen molar-refractivity contribution in [2.24, 2.45) is 0 Å². The lowest BCUT2D eigenvalue weighted by Gasteiger charge is -2.51. The molecule has 32 atom stereocenters. The molecule has 6 aliphatic rings. The van der Waals surface area contributed by atoms with Crippen molar-refractivity contribution >= 4 is 5.91 Å². The van der Waals surface area contributed by atoms with Crippen LogP contribution in [0.15, 0.2) is 0 Å².